The lowest BCUT2D eigenvalue weighted by Crippen LogP contribution is -2.57. The van der Waals surface area contributed by atoms with Crippen molar-refractivity contribution in [3.8, 4) is 0 Å². The van der Waals surface area contributed by atoms with Crippen molar-refractivity contribution in [1.82, 2.24) is 20.5 Å². The average molecular weight is 439 g/mol. The molecule has 0 aliphatic carbocycles. The van der Waals surface area contributed by atoms with E-state index in [1.807, 2.05) is 0 Å². The summed E-state index contributed by atoms with van der Waals surface area (Å²) >= 11 is 0. The predicted octanol–water partition coefficient (Wildman–Crippen LogP) is 4.39. The molecule has 0 saturated carbocycles. The number of H-pyrrole nitrogens is 1. The molecule has 1 fully saturated rings. The summed E-state index contributed by atoms with van der Waals surface area (Å²) in [6.07, 6.45) is 4.31. The lowest BCUT2D eigenvalue weighted by Gasteiger charge is -2.39. The van der Waals surface area contributed by atoms with Crippen molar-refractivity contribution in [3.05, 3.63) is 108 Å². The molecule has 3 N–H and O–H groups in total. The van der Waals surface area contributed by atoms with Gasteiger partial charge in [-0.2, -0.15) is 0 Å². The fourth-order valence-corrected chi connectivity index (χ4v) is 5.08. The van der Waals surface area contributed by atoms with E-state index < -0.39 is 0 Å². The highest BCUT2D eigenvalue weighted by molar-refractivity contribution is 5.83. The van der Waals surface area contributed by atoms with Crippen LogP contribution >= 0.6 is 0 Å². The molecule has 1 aliphatic heterocycles. The lowest BCUT2D eigenvalue weighted by molar-refractivity contribution is 0.139. The first kappa shape index (κ1) is 21.9. The Morgan fingerprint density at radius 2 is 1.61 bits per heavy atom. The Kier molecular flexibility index (Phi) is 7.17. The van der Waals surface area contributed by atoms with E-state index in [0.717, 1.165) is 45.6 Å². The molecule has 1 aromatic heterocycles. The Balaban J connectivity index is 1.26. The first-order valence-corrected chi connectivity index (χ1v) is 12.2. The third-order valence-corrected chi connectivity index (χ3v) is 6.81. The van der Waals surface area contributed by atoms with Crippen LogP contribution in [0.3, 0.4) is 0 Å². The van der Waals surface area contributed by atoms with Gasteiger partial charge in [-0.15, -0.1) is 0 Å². The molecule has 4 nitrogen and oxygen atoms in total. The van der Waals surface area contributed by atoms with Gasteiger partial charge in [0.25, 0.3) is 0 Å². The van der Waals surface area contributed by atoms with Crippen LogP contribution in [0, 0.1) is 0 Å². The number of hydrogen-bond donors (Lipinski definition) is 3. The molecule has 3 aromatic carbocycles. The van der Waals surface area contributed by atoms with Crippen LogP contribution < -0.4 is 10.6 Å². The number of nitrogens with one attached hydrogen (secondary N) is 3. The summed E-state index contributed by atoms with van der Waals surface area (Å²) in [5.74, 6) is 0. The zero-order valence-electron chi connectivity index (χ0n) is 19.2. The quantitative estimate of drug-likeness (QED) is 0.363. The summed E-state index contributed by atoms with van der Waals surface area (Å²) in [7, 11) is 0. The van der Waals surface area contributed by atoms with Gasteiger partial charge in [-0.05, 0) is 35.6 Å². The second-order valence-electron chi connectivity index (χ2n) is 9.17. The molecule has 1 aliphatic rings. The largest absolute Gasteiger partial charge is 0.361 e. The van der Waals surface area contributed by atoms with E-state index >= 15 is 0 Å². The lowest BCUT2D eigenvalue weighted by atomic mass is 9.99. The number of piperazine rings is 1. The van der Waals surface area contributed by atoms with E-state index in [9.17, 15) is 0 Å². The number of aromatic amines is 1. The topological polar surface area (TPSA) is 43.1 Å². The molecule has 2 unspecified atom stereocenters. The molecule has 4 heteroatoms. The maximum Gasteiger partial charge on any atom is 0.0456 e. The molecule has 0 amide bonds. The minimum absolute atomic E-state index is 0.463. The van der Waals surface area contributed by atoms with Crippen LogP contribution in [0.25, 0.3) is 10.9 Å². The summed E-state index contributed by atoms with van der Waals surface area (Å²) in [6, 6.07) is 31.2. The van der Waals surface area contributed by atoms with Crippen molar-refractivity contribution in [1.29, 1.82) is 0 Å². The van der Waals surface area contributed by atoms with Crippen molar-refractivity contribution in [2.45, 2.75) is 31.5 Å². The van der Waals surface area contributed by atoms with Crippen LogP contribution in [-0.4, -0.2) is 48.1 Å². The minimum atomic E-state index is 0.463. The number of aromatic nitrogens is 1. The van der Waals surface area contributed by atoms with Gasteiger partial charge < -0.3 is 15.6 Å². The van der Waals surface area contributed by atoms with Gasteiger partial charge in [-0.25, -0.2) is 0 Å². The molecule has 33 heavy (non-hydrogen) atoms. The highest BCUT2D eigenvalue weighted by atomic mass is 15.2. The van der Waals surface area contributed by atoms with Crippen molar-refractivity contribution in [2.24, 2.45) is 0 Å². The smallest absolute Gasteiger partial charge is 0.0456 e. The molecule has 2 heterocycles. The van der Waals surface area contributed by atoms with Crippen molar-refractivity contribution in [2.75, 3.05) is 26.2 Å². The summed E-state index contributed by atoms with van der Waals surface area (Å²) < 4.78 is 0. The fourth-order valence-electron chi connectivity index (χ4n) is 5.08. The van der Waals surface area contributed by atoms with E-state index in [0.29, 0.717) is 12.1 Å². The van der Waals surface area contributed by atoms with Gasteiger partial charge in [-0.1, -0.05) is 78.9 Å². The van der Waals surface area contributed by atoms with E-state index in [2.05, 4.69) is 112 Å². The second-order valence-corrected chi connectivity index (χ2v) is 9.17. The van der Waals surface area contributed by atoms with E-state index in [1.54, 1.807) is 0 Å². The van der Waals surface area contributed by atoms with Gasteiger partial charge in [-0.3, -0.25) is 4.90 Å². The average Bonchev–Trinajstić information content (AvgIpc) is 3.28. The summed E-state index contributed by atoms with van der Waals surface area (Å²) in [4.78, 5) is 6.13. The highest BCUT2D eigenvalue weighted by Gasteiger charge is 2.26. The van der Waals surface area contributed by atoms with Crippen LogP contribution in [0.2, 0.25) is 0 Å². The Labute approximate surface area is 197 Å². The first-order valence-electron chi connectivity index (χ1n) is 12.2. The SMILES string of the molecule is c1ccc(CNCC(Cc2ccccc2)N2CCNC(Cc3c[nH]c4ccccc34)C2)cc1. The summed E-state index contributed by atoms with van der Waals surface area (Å²) in [6.45, 7) is 5.11. The van der Waals surface area contributed by atoms with Crippen LogP contribution in [0.1, 0.15) is 16.7 Å². The van der Waals surface area contributed by atoms with Crippen LogP contribution in [0.15, 0.2) is 91.1 Å². The minimum Gasteiger partial charge on any atom is -0.361 e. The standard InChI is InChI=1S/C29H34N4/c1-3-9-23(10-4-1)17-27(21-30-19-24-11-5-2-6-12-24)33-16-15-31-26(22-33)18-25-20-32-29-14-8-7-13-28(25)29/h1-14,20,26-27,30-32H,15-19,21-22H2. The highest BCUT2D eigenvalue weighted by Crippen LogP contribution is 2.21. The molecule has 0 radical (unpaired) electrons. The normalized spacial score (nSPS) is 17.9. The Morgan fingerprint density at radius 1 is 0.879 bits per heavy atom. The number of rotatable bonds is 9. The zero-order chi connectivity index (χ0) is 22.3. The Hall–Kier alpha value is -2.92. The number of nitrogens with zero attached hydrogens (tertiary/aromatic N) is 1. The maximum atomic E-state index is 3.78. The molecule has 5 rings (SSSR count). The third-order valence-electron chi connectivity index (χ3n) is 6.81. The van der Waals surface area contributed by atoms with Crippen LogP contribution in [0.5, 0.6) is 0 Å². The molecule has 0 bridgehead atoms. The number of fused-ring (bicyclic) bond motifs is 1. The fraction of sp³-hybridized carbons (Fsp3) is 0.310. The van der Waals surface area contributed by atoms with Crippen LogP contribution in [-0.2, 0) is 19.4 Å². The third kappa shape index (κ3) is 5.72. The molecule has 170 valence electrons. The number of hydrogen-bond acceptors (Lipinski definition) is 3. The molecule has 4 aromatic rings. The summed E-state index contributed by atoms with van der Waals surface area (Å²) in [5, 5.41) is 8.86. The van der Waals surface area contributed by atoms with Gasteiger partial charge in [0.05, 0.1) is 0 Å². The monoisotopic (exact) mass is 438 g/mol. The number of para-hydroxylation sites is 1. The molecular weight excluding hydrogens is 404 g/mol. The van der Waals surface area contributed by atoms with E-state index in [4.69, 9.17) is 0 Å². The second kappa shape index (κ2) is 10.8. The Bertz CT molecular complexity index is 1120. The van der Waals surface area contributed by atoms with Gasteiger partial charge in [0.2, 0.25) is 0 Å². The van der Waals surface area contributed by atoms with Gasteiger partial charge >= 0.3 is 0 Å². The molecular formula is C29H34N4. The van der Waals surface area contributed by atoms with Gasteiger partial charge in [0.1, 0.15) is 0 Å². The van der Waals surface area contributed by atoms with Crippen molar-refractivity contribution < 1.29 is 0 Å². The van der Waals surface area contributed by atoms with E-state index in [-0.39, 0.29) is 0 Å². The molecule has 1 saturated heterocycles. The zero-order valence-corrected chi connectivity index (χ0v) is 19.2. The van der Waals surface area contributed by atoms with Crippen molar-refractivity contribution in [3.63, 3.8) is 0 Å². The van der Waals surface area contributed by atoms with Crippen LogP contribution in [0.4, 0.5) is 0 Å². The summed E-state index contributed by atoms with van der Waals surface area (Å²) in [5.41, 5.74) is 5.39. The first-order chi connectivity index (χ1) is 16.3. The molecule has 0 spiro atoms. The Morgan fingerprint density at radius 3 is 2.42 bits per heavy atom. The predicted molar refractivity (Wildman–Crippen MR) is 137 cm³/mol. The molecule has 2 atom stereocenters. The van der Waals surface area contributed by atoms with Crippen molar-refractivity contribution >= 4 is 10.9 Å². The van der Waals surface area contributed by atoms with Gasteiger partial charge in [0.15, 0.2) is 0 Å². The number of benzene rings is 3. The maximum absolute atomic E-state index is 3.78. The van der Waals surface area contributed by atoms with E-state index in [1.165, 1.54) is 27.6 Å². The van der Waals surface area contributed by atoms with Gasteiger partial charge in [0, 0.05) is 61.9 Å².